The Morgan fingerprint density at radius 2 is 1.93 bits per heavy atom. The van der Waals surface area contributed by atoms with E-state index in [-0.39, 0.29) is 17.9 Å². The smallest absolute Gasteiger partial charge is 0.0858 e. The van der Waals surface area contributed by atoms with Crippen molar-refractivity contribution in [2.75, 3.05) is 6.61 Å². The second-order valence-corrected chi connectivity index (χ2v) is 4.70. The van der Waals surface area contributed by atoms with Gasteiger partial charge in [-0.15, -0.1) is 0 Å². The highest BCUT2D eigenvalue weighted by Crippen LogP contribution is 2.47. The van der Waals surface area contributed by atoms with E-state index in [2.05, 4.69) is 6.92 Å². The zero-order valence-electron chi connectivity index (χ0n) is 9.11. The van der Waals surface area contributed by atoms with E-state index in [1.165, 1.54) is 0 Å². The van der Waals surface area contributed by atoms with E-state index in [4.69, 9.17) is 5.11 Å². The fraction of sp³-hybridized carbons (Fsp3) is 1.00. The van der Waals surface area contributed by atoms with Crippen molar-refractivity contribution in [3.05, 3.63) is 0 Å². The average molecular weight is 202 g/mol. The van der Waals surface area contributed by atoms with E-state index in [1.54, 1.807) is 0 Å². The van der Waals surface area contributed by atoms with Crippen molar-refractivity contribution in [3.8, 4) is 0 Å². The van der Waals surface area contributed by atoms with Gasteiger partial charge >= 0.3 is 0 Å². The van der Waals surface area contributed by atoms with Gasteiger partial charge in [0.1, 0.15) is 0 Å². The summed E-state index contributed by atoms with van der Waals surface area (Å²) in [7, 11) is 0. The molecule has 4 atom stereocenters. The van der Waals surface area contributed by atoms with Crippen LogP contribution in [0.1, 0.15) is 39.5 Å². The maximum Gasteiger partial charge on any atom is 0.0858 e. The van der Waals surface area contributed by atoms with Crippen LogP contribution in [0.15, 0.2) is 0 Å². The van der Waals surface area contributed by atoms with Gasteiger partial charge in [0.2, 0.25) is 0 Å². The molecule has 0 saturated heterocycles. The number of aliphatic hydroxyl groups excluding tert-OH is 3. The van der Waals surface area contributed by atoms with E-state index < -0.39 is 12.2 Å². The summed E-state index contributed by atoms with van der Waals surface area (Å²) in [5.41, 5.74) is -0.248. The summed E-state index contributed by atoms with van der Waals surface area (Å²) in [6.45, 7) is 4.13. The molecule has 0 aliphatic heterocycles. The molecule has 3 nitrogen and oxygen atoms in total. The summed E-state index contributed by atoms with van der Waals surface area (Å²) in [4.78, 5) is 0. The Hall–Kier alpha value is -0.120. The molecule has 1 saturated carbocycles. The summed E-state index contributed by atoms with van der Waals surface area (Å²) < 4.78 is 0. The van der Waals surface area contributed by atoms with Crippen LogP contribution in [-0.2, 0) is 0 Å². The molecule has 0 aromatic carbocycles. The van der Waals surface area contributed by atoms with Gasteiger partial charge in [-0.3, -0.25) is 0 Å². The molecule has 3 N–H and O–H groups in total. The van der Waals surface area contributed by atoms with E-state index >= 15 is 0 Å². The molecule has 1 aliphatic rings. The summed E-state index contributed by atoms with van der Waals surface area (Å²) in [6.07, 6.45) is 2.01. The molecule has 1 fully saturated rings. The van der Waals surface area contributed by atoms with Crippen molar-refractivity contribution < 1.29 is 15.3 Å². The van der Waals surface area contributed by atoms with Crippen LogP contribution in [0.5, 0.6) is 0 Å². The molecule has 0 unspecified atom stereocenters. The number of hydrogen-bond donors (Lipinski definition) is 3. The first kappa shape index (κ1) is 12.0. The third-order valence-corrected chi connectivity index (χ3v) is 3.62. The quantitative estimate of drug-likeness (QED) is 0.635. The highest BCUT2D eigenvalue weighted by molar-refractivity contribution is 4.99. The van der Waals surface area contributed by atoms with E-state index in [9.17, 15) is 10.2 Å². The minimum absolute atomic E-state index is 0.0938. The van der Waals surface area contributed by atoms with Gasteiger partial charge in [0.15, 0.2) is 0 Å². The monoisotopic (exact) mass is 202 g/mol. The Balaban J connectivity index is 2.77. The summed E-state index contributed by atoms with van der Waals surface area (Å²) in [6, 6.07) is 0. The average Bonchev–Trinajstić information content (AvgIpc) is 2.33. The first-order chi connectivity index (χ1) is 6.57. The van der Waals surface area contributed by atoms with Crippen molar-refractivity contribution in [2.45, 2.75) is 51.7 Å². The standard InChI is InChI=1S/C11H22O3/c1-3-4-11(5-6-12)7-8(2)9(13)10(11)14/h8-10,12-14H,3-7H2,1-2H3/t8-,9+,10+,11-/m1/s1. The molecule has 14 heavy (non-hydrogen) atoms. The topological polar surface area (TPSA) is 60.7 Å². The predicted molar refractivity (Wildman–Crippen MR) is 54.8 cm³/mol. The largest absolute Gasteiger partial charge is 0.396 e. The lowest BCUT2D eigenvalue weighted by molar-refractivity contribution is -0.0396. The van der Waals surface area contributed by atoms with Crippen LogP contribution < -0.4 is 0 Å². The SMILES string of the molecule is CCC[C@@]1(CCO)C[C@@H](C)[C@H](O)[C@@H]1O. The number of hydrogen-bond acceptors (Lipinski definition) is 3. The molecular weight excluding hydrogens is 180 g/mol. The predicted octanol–water partition coefficient (Wildman–Crippen LogP) is 0.917. The Bertz CT molecular complexity index is 175. The molecule has 0 radical (unpaired) electrons. The summed E-state index contributed by atoms with van der Waals surface area (Å²) in [5, 5.41) is 28.7. The van der Waals surface area contributed by atoms with Crippen LogP contribution in [0.25, 0.3) is 0 Å². The molecule has 3 heteroatoms. The van der Waals surface area contributed by atoms with Crippen molar-refractivity contribution in [1.29, 1.82) is 0 Å². The number of rotatable bonds is 4. The zero-order chi connectivity index (χ0) is 10.8. The van der Waals surface area contributed by atoms with Crippen LogP contribution in [0.4, 0.5) is 0 Å². The van der Waals surface area contributed by atoms with Crippen LogP contribution in [0, 0.1) is 11.3 Å². The highest BCUT2D eigenvalue weighted by Gasteiger charge is 2.49. The maximum atomic E-state index is 9.98. The third-order valence-electron chi connectivity index (χ3n) is 3.62. The Morgan fingerprint density at radius 3 is 2.29 bits per heavy atom. The molecule has 0 aromatic heterocycles. The lowest BCUT2D eigenvalue weighted by Gasteiger charge is -2.32. The lowest BCUT2D eigenvalue weighted by atomic mass is 9.76. The fourth-order valence-corrected chi connectivity index (χ4v) is 2.90. The van der Waals surface area contributed by atoms with Gasteiger partial charge in [-0.2, -0.15) is 0 Å². The molecule has 0 aromatic rings. The van der Waals surface area contributed by atoms with Crippen molar-refractivity contribution in [2.24, 2.45) is 11.3 Å². The van der Waals surface area contributed by atoms with Gasteiger partial charge in [0.05, 0.1) is 12.2 Å². The number of aliphatic hydroxyl groups is 3. The van der Waals surface area contributed by atoms with Crippen molar-refractivity contribution >= 4 is 0 Å². The molecule has 0 heterocycles. The van der Waals surface area contributed by atoms with Crippen LogP contribution in [0.2, 0.25) is 0 Å². The minimum atomic E-state index is -0.662. The van der Waals surface area contributed by atoms with Crippen LogP contribution in [-0.4, -0.2) is 34.1 Å². The van der Waals surface area contributed by atoms with Crippen LogP contribution >= 0.6 is 0 Å². The van der Waals surface area contributed by atoms with Gasteiger partial charge in [-0.25, -0.2) is 0 Å². The summed E-state index contributed by atoms with van der Waals surface area (Å²) in [5.74, 6) is 0.142. The summed E-state index contributed by atoms with van der Waals surface area (Å²) >= 11 is 0. The van der Waals surface area contributed by atoms with Crippen molar-refractivity contribution in [3.63, 3.8) is 0 Å². The first-order valence-corrected chi connectivity index (χ1v) is 5.54. The third kappa shape index (κ3) is 1.95. The van der Waals surface area contributed by atoms with Gasteiger partial charge in [-0.1, -0.05) is 20.3 Å². The van der Waals surface area contributed by atoms with Gasteiger partial charge in [-0.05, 0) is 25.2 Å². The molecule has 0 spiro atoms. The molecule has 1 rings (SSSR count). The lowest BCUT2D eigenvalue weighted by Crippen LogP contribution is -2.37. The van der Waals surface area contributed by atoms with Gasteiger partial charge < -0.3 is 15.3 Å². The molecule has 0 amide bonds. The molecule has 0 bridgehead atoms. The molecule has 1 aliphatic carbocycles. The normalized spacial score (nSPS) is 43.1. The second kappa shape index (κ2) is 4.60. The Kier molecular flexibility index (Phi) is 3.93. The highest BCUT2D eigenvalue weighted by atomic mass is 16.3. The second-order valence-electron chi connectivity index (χ2n) is 4.70. The molecule has 84 valence electrons. The fourth-order valence-electron chi connectivity index (χ4n) is 2.90. The Labute approximate surface area is 85.8 Å². The van der Waals surface area contributed by atoms with E-state index in [0.717, 1.165) is 19.3 Å². The first-order valence-electron chi connectivity index (χ1n) is 5.54. The van der Waals surface area contributed by atoms with Crippen molar-refractivity contribution in [1.82, 2.24) is 0 Å². The van der Waals surface area contributed by atoms with Gasteiger partial charge in [0, 0.05) is 12.0 Å². The zero-order valence-corrected chi connectivity index (χ0v) is 9.11. The van der Waals surface area contributed by atoms with Crippen LogP contribution in [0.3, 0.4) is 0 Å². The van der Waals surface area contributed by atoms with E-state index in [0.29, 0.717) is 6.42 Å². The molecular formula is C11H22O3. The minimum Gasteiger partial charge on any atom is -0.396 e. The maximum absolute atomic E-state index is 9.98. The van der Waals surface area contributed by atoms with E-state index in [1.807, 2.05) is 6.92 Å². The Morgan fingerprint density at radius 1 is 1.29 bits per heavy atom. The van der Waals surface area contributed by atoms with Gasteiger partial charge in [0.25, 0.3) is 0 Å².